The van der Waals surface area contributed by atoms with Crippen LogP contribution in [-0.4, -0.2) is 31.9 Å². The molecule has 1 fully saturated rings. The number of ketones is 1. The fourth-order valence-corrected chi connectivity index (χ4v) is 2.96. The molecular weight excluding hydrogens is 308 g/mol. The minimum absolute atomic E-state index is 0.0736. The topological polar surface area (TPSA) is 69.2 Å². The Morgan fingerprint density at radius 1 is 1.08 bits per heavy atom. The monoisotopic (exact) mass is 324 g/mol. The average Bonchev–Trinajstić information content (AvgIpc) is 2.95. The van der Waals surface area contributed by atoms with Crippen molar-refractivity contribution in [2.75, 3.05) is 19.5 Å². The van der Waals surface area contributed by atoms with Crippen LogP contribution in [0.3, 0.4) is 0 Å². The molecular formula is C18H16N2O4. The number of benzene rings is 2. The number of carbonyl (C=O) groups is 1. The molecule has 122 valence electrons. The zero-order valence-electron chi connectivity index (χ0n) is 13.3. The van der Waals surface area contributed by atoms with Crippen molar-refractivity contribution in [1.82, 2.24) is 0 Å². The number of aliphatic imine (C=N–C) groups is 1. The van der Waals surface area contributed by atoms with Gasteiger partial charge in [0, 0.05) is 5.56 Å². The number of nitrogens with zero attached hydrogens (tertiary/aromatic N) is 1. The van der Waals surface area contributed by atoms with Crippen LogP contribution >= 0.6 is 0 Å². The number of Topliss-reactive ketones (excluding diaryl/α,β-unsaturated/α-hetero) is 1. The van der Waals surface area contributed by atoms with Crippen molar-refractivity contribution in [3.8, 4) is 11.5 Å². The van der Waals surface area contributed by atoms with Crippen molar-refractivity contribution < 1.29 is 19.0 Å². The Morgan fingerprint density at radius 3 is 2.67 bits per heavy atom. The Morgan fingerprint density at radius 2 is 1.88 bits per heavy atom. The third-order valence-electron chi connectivity index (χ3n) is 4.17. The number of para-hydroxylation sites is 2. The lowest BCUT2D eigenvalue weighted by Crippen LogP contribution is -2.33. The van der Waals surface area contributed by atoms with E-state index in [2.05, 4.69) is 10.3 Å². The van der Waals surface area contributed by atoms with Gasteiger partial charge in [-0.3, -0.25) is 4.79 Å². The van der Waals surface area contributed by atoms with E-state index in [1.54, 1.807) is 32.4 Å². The van der Waals surface area contributed by atoms with Crippen molar-refractivity contribution in [1.29, 1.82) is 0 Å². The summed E-state index contributed by atoms with van der Waals surface area (Å²) in [7, 11) is 3.13. The van der Waals surface area contributed by atoms with Crippen molar-refractivity contribution in [3.05, 3.63) is 48.0 Å². The maximum absolute atomic E-state index is 12.8. The average molecular weight is 324 g/mol. The fraction of sp³-hybridized carbons (Fsp3) is 0.222. The van der Waals surface area contributed by atoms with Gasteiger partial charge in [-0.15, -0.1) is 0 Å². The van der Waals surface area contributed by atoms with Gasteiger partial charge >= 0.3 is 0 Å². The first-order chi connectivity index (χ1) is 11.7. The number of ether oxygens (including phenoxy) is 3. The molecule has 1 saturated heterocycles. The molecule has 0 bridgehead atoms. The zero-order valence-corrected chi connectivity index (χ0v) is 13.3. The van der Waals surface area contributed by atoms with E-state index in [1.165, 1.54) is 0 Å². The quantitative estimate of drug-likeness (QED) is 0.940. The molecule has 2 aromatic carbocycles. The largest absolute Gasteiger partial charge is 0.493 e. The van der Waals surface area contributed by atoms with Crippen LogP contribution in [0.2, 0.25) is 0 Å². The van der Waals surface area contributed by atoms with Gasteiger partial charge in [0.15, 0.2) is 23.6 Å². The second-order valence-electron chi connectivity index (χ2n) is 5.56. The number of hydrogen-bond donors (Lipinski definition) is 1. The number of fused-ring (bicyclic) bond motifs is 2. The van der Waals surface area contributed by atoms with Gasteiger partial charge in [-0.2, -0.15) is 0 Å². The molecule has 6 heteroatoms. The van der Waals surface area contributed by atoms with Crippen LogP contribution in [0.4, 0.5) is 11.4 Å². The maximum atomic E-state index is 12.8. The normalized spacial score (nSPS) is 21.1. The van der Waals surface area contributed by atoms with Gasteiger partial charge in [0.05, 0.1) is 25.6 Å². The predicted octanol–water partition coefficient (Wildman–Crippen LogP) is 2.87. The lowest BCUT2D eigenvalue weighted by Gasteiger charge is -2.18. The van der Waals surface area contributed by atoms with E-state index in [-0.39, 0.29) is 5.78 Å². The molecule has 2 atom stereocenters. The number of rotatable bonds is 3. The molecule has 0 radical (unpaired) electrons. The van der Waals surface area contributed by atoms with E-state index >= 15 is 0 Å². The van der Waals surface area contributed by atoms with Gasteiger partial charge in [-0.1, -0.05) is 18.2 Å². The minimum atomic E-state index is -0.713. The lowest BCUT2D eigenvalue weighted by molar-refractivity contribution is -0.122. The summed E-state index contributed by atoms with van der Waals surface area (Å²) in [5.74, 6) is 1.49. The second-order valence-corrected chi connectivity index (χ2v) is 5.56. The smallest absolute Gasteiger partial charge is 0.220 e. The molecule has 4 rings (SSSR count). The molecule has 2 aliphatic heterocycles. The summed E-state index contributed by atoms with van der Waals surface area (Å²) < 4.78 is 16.4. The molecule has 6 nitrogen and oxygen atoms in total. The van der Waals surface area contributed by atoms with Gasteiger partial charge < -0.3 is 19.5 Å². The number of hydrogen-bond acceptors (Lipinski definition) is 6. The lowest BCUT2D eigenvalue weighted by atomic mass is 10.0. The second kappa shape index (κ2) is 5.56. The van der Waals surface area contributed by atoms with E-state index in [1.807, 2.05) is 24.3 Å². The van der Waals surface area contributed by atoms with E-state index in [4.69, 9.17) is 14.2 Å². The summed E-state index contributed by atoms with van der Waals surface area (Å²) in [6, 6.07) is 12.3. The number of anilines is 1. The highest BCUT2D eigenvalue weighted by Crippen LogP contribution is 2.39. The first-order valence-corrected chi connectivity index (χ1v) is 7.57. The molecule has 0 spiro atoms. The van der Waals surface area contributed by atoms with E-state index < -0.39 is 12.1 Å². The molecule has 0 amide bonds. The van der Waals surface area contributed by atoms with Crippen molar-refractivity contribution in [3.63, 3.8) is 0 Å². The molecule has 0 aromatic heterocycles. The third kappa shape index (κ3) is 2.19. The summed E-state index contributed by atoms with van der Waals surface area (Å²) in [6.07, 6.45) is -0.713. The third-order valence-corrected chi connectivity index (χ3v) is 4.17. The molecule has 1 N–H and O–H groups in total. The zero-order chi connectivity index (χ0) is 16.7. The predicted molar refractivity (Wildman–Crippen MR) is 89.3 cm³/mol. The molecule has 2 aromatic rings. The number of methoxy groups -OCH3 is 2. The Bertz CT molecular complexity index is 847. The molecule has 24 heavy (non-hydrogen) atoms. The minimum Gasteiger partial charge on any atom is -0.493 e. The molecule has 2 unspecified atom stereocenters. The Hall–Kier alpha value is -3.02. The number of carbonyl (C=O) groups excluding carboxylic acids is 1. The van der Waals surface area contributed by atoms with Crippen LogP contribution in [0, 0.1) is 0 Å². The standard InChI is InChI=1S/C18H16N2O4/c1-22-13-8-7-10(9-14(13)23-2)17-16(21)15-18(24-17)20-12-6-4-3-5-11(12)19-15/h3-9,15,17,19H,1-2H3. The van der Waals surface area contributed by atoms with Gasteiger partial charge in [0.25, 0.3) is 0 Å². The van der Waals surface area contributed by atoms with Gasteiger partial charge in [-0.25, -0.2) is 4.99 Å². The molecule has 0 aliphatic carbocycles. The maximum Gasteiger partial charge on any atom is 0.220 e. The van der Waals surface area contributed by atoms with Crippen molar-refractivity contribution in [2.24, 2.45) is 4.99 Å². The van der Waals surface area contributed by atoms with Crippen LogP contribution in [-0.2, 0) is 9.53 Å². The van der Waals surface area contributed by atoms with E-state index in [0.717, 1.165) is 11.4 Å². The van der Waals surface area contributed by atoms with Gasteiger partial charge in [0.2, 0.25) is 11.7 Å². The Kier molecular flexibility index (Phi) is 3.37. The Balaban J connectivity index is 1.68. The van der Waals surface area contributed by atoms with Crippen LogP contribution < -0.4 is 14.8 Å². The fourth-order valence-electron chi connectivity index (χ4n) is 2.96. The first-order valence-electron chi connectivity index (χ1n) is 7.57. The van der Waals surface area contributed by atoms with E-state index in [9.17, 15) is 4.79 Å². The van der Waals surface area contributed by atoms with E-state index in [0.29, 0.717) is 23.0 Å². The summed E-state index contributed by atoms with van der Waals surface area (Å²) in [5.41, 5.74) is 2.31. The summed E-state index contributed by atoms with van der Waals surface area (Å²) in [5, 5.41) is 3.20. The SMILES string of the molecule is COc1ccc(C2OC3=Nc4ccccc4NC3C2=O)cc1OC. The van der Waals surface area contributed by atoms with Gasteiger partial charge in [0.1, 0.15) is 0 Å². The van der Waals surface area contributed by atoms with Crippen molar-refractivity contribution >= 4 is 23.1 Å². The summed E-state index contributed by atoms with van der Waals surface area (Å²) in [6.45, 7) is 0. The van der Waals surface area contributed by atoms with Crippen LogP contribution in [0.5, 0.6) is 11.5 Å². The van der Waals surface area contributed by atoms with Crippen LogP contribution in [0.25, 0.3) is 0 Å². The van der Waals surface area contributed by atoms with Crippen LogP contribution in [0.15, 0.2) is 47.5 Å². The highest BCUT2D eigenvalue weighted by molar-refractivity contribution is 6.16. The molecule has 0 saturated carbocycles. The molecule has 2 heterocycles. The Labute approximate surface area is 139 Å². The first kappa shape index (κ1) is 14.6. The highest BCUT2D eigenvalue weighted by atomic mass is 16.5. The summed E-state index contributed by atoms with van der Waals surface area (Å²) in [4.78, 5) is 17.2. The highest BCUT2D eigenvalue weighted by Gasteiger charge is 2.44. The number of nitrogens with one attached hydrogen (secondary N) is 1. The van der Waals surface area contributed by atoms with Crippen LogP contribution in [0.1, 0.15) is 11.7 Å². The molecule has 2 aliphatic rings. The summed E-state index contributed by atoms with van der Waals surface area (Å²) >= 11 is 0. The van der Waals surface area contributed by atoms with Gasteiger partial charge in [-0.05, 0) is 24.3 Å². The van der Waals surface area contributed by atoms with Crippen molar-refractivity contribution in [2.45, 2.75) is 12.1 Å².